The number of morpholine rings is 3. The second-order valence-corrected chi connectivity index (χ2v) is 30.8. The largest absolute Gasteiger partial charge is 0.378 e. The molecule has 0 atom stereocenters. The van der Waals surface area contributed by atoms with Crippen molar-refractivity contribution in [1.82, 2.24) is 109 Å². The van der Waals surface area contributed by atoms with Gasteiger partial charge >= 0.3 is 0 Å². The highest BCUT2D eigenvalue weighted by Gasteiger charge is 2.35. The minimum atomic E-state index is -3.22. The highest BCUT2D eigenvalue weighted by molar-refractivity contribution is 7.88. The third-order valence-electron chi connectivity index (χ3n) is 20.7. The smallest absolute Gasteiger partial charge is 0.222 e. The van der Waals surface area contributed by atoms with E-state index in [1.54, 1.807) is 26.5 Å². The van der Waals surface area contributed by atoms with Crippen LogP contribution in [-0.4, -0.2) is 286 Å². The van der Waals surface area contributed by atoms with Gasteiger partial charge < -0.3 is 70.6 Å². The van der Waals surface area contributed by atoms with Crippen molar-refractivity contribution in [2.45, 2.75) is 78.9 Å². The van der Waals surface area contributed by atoms with Crippen LogP contribution in [0.2, 0.25) is 5.28 Å². The second-order valence-electron chi connectivity index (χ2n) is 28.5. The van der Waals surface area contributed by atoms with Crippen LogP contribution in [0.4, 0.5) is 47.2 Å². The molecule has 6 aliphatic heterocycles. The minimum Gasteiger partial charge on any atom is -0.378 e. The highest BCUT2D eigenvalue weighted by atomic mass is 35.5. The molecule has 3 saturated carbocycles. The van der Waals surface area contributed by atoms with Gasteiger partial charge in [0.15, 0.2) is 68.4 Å². The summed E-state index contributed by atoms with van der Waals surface area (Å²) in [6, 6.07) is 0. The van der Waals surface area contributed by atoms with E-state index in [1.165, 1.54) is 49.1 Å². The molecule has 0 radical (unpaired) electrons. The summed E-state index contributed by atoms with van der Waals surface area (Å²) in [6.07, 6.45) is 14.0. The molecule has 0 aromatic carbocycles. The van der Waals surface area contributed by atoms with Crippen LogP contribution in [0.1, 0.15) is 55.6 Å². The van der Waals surface area contributed by atoms with Crippen LogP contribution in [0, 0.1) is 38.5 Å². The first-order chi connectivity index (χ1) is 52.2. The van der Waals surface area contributed by atoms with Crippen molar-refractivity contribution >= 4 is 102 Å². The molecule has 107 heavy (non-hydrogen) atoms. The van der Waals surface area contributed by atoms with Crippen LogP contribution in [-0.2, 0) is 43.9 Å². The minimum absolute atomic E-state index is 0.438. The Hall–Kier alpha value is -8.75. The van der Waals surface area contributed by atoms with Crippen molar-refractivity contribution in [2.75, 3.05) is 225 Å². The van der Waals surface area contributed by atoms with Crippen LogP contribution in [0.5, 0.6) is 0 Å². The van der Waals surface area contributed by atoms with Gasteiger partial charge in [-0.2, -0.15) is 4.31 Å². The van der Waals surface area contributed by atoms with Crippen molar-refractivity contribution in [3.8, 4) is 34.2 Å². The molecule has 9 fully saturated rings. The van der Waals surface area contributed by atoms with Crippen molar-refractivity contribution < 1.29 is 22.6 Å². The van der Waals surface area contributed by atoms with E-state index in [9.17, 15) is 8.42 Å². The number of rotatable bonds is 18. The molecule has 0 bridgehead atoms. The first-order valence-electron chi connectivity index (χ1n) is 37.8. The zero-order valence-corrected chi connectivity index (χ0v) is 63.9. The fourth-order valence-electron chi connectivity index (χ4n) is 14.0. The second kappa shape index (κ2) is 33.0. The standard InChI is InChI=1S/C24H34N10O3S.C23H32N10O.C19H23ClN8O.C4H10N2/c1-16-18(14-26-23(25-2)27-16)20-29-21(31-10-12-37-13-11-31)19-22(30-20)34(15-17-4-5-17)24(28-19)32-6-8-33(9-7-32)38(3,35)36;1-15-17(13-26-22(24-2)27-15)19-29-20(31-9-11-34-12-10-31)18-21(30-19)33(14-16-3-4-16)23(28-18)32-7-5-25-6-8-32;1-11-13(9-22-19(21-2)23-11)15-25-16(27-5-7-29-8-6-27)14-17(26-15)28(18(20)24-14)10-12-3-4-12;1-2-6-4-3-5-1/h14,17H,4-13,15H2,1-3H3,(H,25,26,27);13,16,25H,3-12,14H2,1-2H3,(H,24,26,27);9,12H,3-8,10H2,1-2H3,(H,21,22,23);5-6H,1-4H2. The van der Waals surface area contributed by atoms with Crippen LogP contribution >= 0.6 is 11.6 Å². The molecule has 9 aromatic rings. The van der Waals surface area contributed by atoms with E-state index in [1.807, 2.05) is 38.6 Å². The van der Waals surface area contributed by atoms with Crippen LogP contribution < -0.4 is 56.4 Å². The maximum absolute atomic E-state index is 12.1. The molecule has 37 heteroatoms. The molecule has 35 nitrogen and oxygen atoms in total. The Morgan fingerprint density at radius 2 is 0.738 bits per heavy atom. The summed E-state index contributed by atoms with van der Waals surface area (Å²) in [6.45, 7) is 27.4. The number of imidazole rings is 3. The quantitative estimate of drug-likeness (QED) is 0.0662. The first kappa shape index (κ1) is 73.7. The fourth-order valence-corrected chi connectivity index (χ4v) is 15.1. The number of hydrogen-bond donors (Lipinski definition) is 6. The number of fused-ring (bicyclic) bond motifs is 3. The summed E-state index contributed by atoms with van der Waals surface area (Å²) in [5.74, 6) is 9.78. The van der Waals surface area contributed by atoms with Gasteiger partial charge in [0.05, 0.1) is 79.7 Å². The Bertz CT molecular complexity index is 4690. The lowest BCUT2D eigenvalue weighted by Gasteiger charge is -2.34. The van der Waals surface area contributed by atoms with Gasteiger partial charge in [-0.05, 0) is 88.7 Å². The predicted molar refractivity (Wildman–Crippen MR) is 414 cm³/mol. The van der Waals surface area contributed by atoms with E-state index in [2.05, 4.69) is 100 Å². The molecule has 572 valence electrons. The molecule has 3 aliphatic carbocycles. The van der Waals surface area contributed by atoms with E-state index in [0.29, 0.717) is 124 Å². The van der Waals surface area contributed by atoms with Gasteiger partial charge in [-0.1, -0.05) is 0 Å². The van der Waals surface area contributed by atoms with Crippen molar-refractivity contribution in [2.24, 2.45) is 17.8 Å². The number of halogens is 1. The van der Waals surface area contributed by atoms with E-state index in [-0.39, 0.29) is 0 Å². The van der Waals surface area contributed by atoms with Crippen LogP contribution in [0.25, 0.3) is 67.7 Å². The van der Waals surface area contributed by atoms with Crippen molar-refractivity contribution in [3.63, 3.8) is 0 Å². The van der Waals surface area contributed by atoms with Crippen LogP contribution in [0.3, 0.4) is 0 Å². The lowest BCUT2D eigenvalue weighted by Crippen LogP contribution is -2.49. The fraction of sp³-hybridized carbons (Fsp3) is 0.614. The van der Waals surface area contributed by atoms with Gasteiger partial charge in [-0.3, -0.25) is 13.7 Å². The molecular weight excluding hydrogens is 1410 g/mol. The molecule has 15 heterocycles. The maximum Gasteiger partial charge on any atom is 0.222 e. The van der Waals surface area contributed by atoms with Crippen LogP contribution in [0.15, 0.2) is 18.6 Å². The van der Waals surface area contributed by atoms with Gasteiger partial charge in [0, 0.05) is 177 Å². The Balaban J connectivity index is 0.000000124. The Kier molecular flexibility index (Phi) is 22.7. The number of hydrogen-bond acceptors (Lipinski definition) is 31. The molecule has 18 rings (SSSR count). The maximum atomic E-state index is 12.1. The van der Waals surface area contributed by atoms with E-state index >= 15 is 0 Å². The summed E-state index contributed by atoms with van der Waals surface area (Å²) in [5, 5.41) is 19.3. The number of anilines is 8. The summed E-state index contributed by atoms with van der Waals surface area (Å²) < 4.78 is 49.0. The monoisotopic (exact) mass is 1510 g/mol. The number of aryl methyl sites for hydroxylation is 3. The summed E-state index contributed by atoms with van der Waals surface area (Å²) in [5.41, 5.74) is 9.74. The third-order valence-corrected chi connectivity index (χ3v) is 22.3. The number of piperazine rings is 3. The number of nitrogens with one attached hydrogen (secondary N) is 6. The van der Waals surface area contributed by atoms with Gasteiger partial charge in [-0.15, -0.1) is 0 Å². The first-order valence-corrected chi connectivity index (χ1v) is 40.0. The molecular formula is C70H99ClN30O5S. The normalized spacial score (nSPS) is 18.9. The molecule has 0 amide bonds. The SMILES string of the molecule is C1CNCCN1.CNc1ncc(-c2nc(N3CCOCC3)c3nc(Cl)n(CC4CC4)c3n2)c(C)n1.CNc1ncc(-c2nc(N3CCOCC3)c3nc(N4CCN(S(C)(=O)=O)CC4)n(CC4CC4)c3n2)c(C)n1.CNc1ncc(-c2nc(N3CCOCC3)c3nc(N4CCNCC4)n(CC4CC4)c3n2)c(C)n1. The Morgan fingerprint density at radius 1 is 0.411 bits per heavy atom. The van der Waals surface area contributed by atoms with Gasteiger partial charge in [0.25, 0.3) is 0 Å². The molecule has 9 aromatic heterocycles. The highest BCUT2D eigenvalue weighted by Crippen LogP contribution is 2.41. The molecule has 6 N–H and O–H groups in total. The lowest BCUT2D eigenvalue weighted by atomic mass is 10.2. The molecule has 0 unspecified atom stereocenters. The lowest BCUT2D eigenvalue weighted by molar-refractivity contribution is 0.122. The van der Waals surface area contributed by atoms with E-state index in [0.717, 1.165) is 208 Å². The zero-order valence-electron chi connectivity index (χ0n) is 62.4. The molecule has 9 aliphatic rings. The summed E-state index contributed by atoms with van der Waals surface area (Å²) >= 11 is 6.53. The topological polar surface area (TPSA) is 362 Å². The number of ether oxygens (including phenoxy) is 3. The van der Waals surface area contributed by atoms with E-state index < -0.39 is 10.0 Å². The van der Waals surface area contributed by atoms with Gasteiger partial charge in [0.2, 0.25) is 45.0 Å². The average molecular weight is 1510 g/mol. The molecule has 0 spiro atoms. The number of sulfonamides is 1. The molecule has 6 saturated heterocycles. The number of aromatic nitrogens is 18. The van der Waals surface area contributed by atoms with Gasteiger partial charge in [0.1, 0.15) is 0 Å². The predicted octanol–water partition coefficient (Wildman–Crippen LogP) is 3.96. The third kappa shape index (κ3) is 17.1. The Labute approximate surface area is 627 Å². The summed E-state index contributed by atoms with van der Waals surface area (Å²) in [7, 11) is 2.19. The summed E-state index contributed by atoms with van der Waals surface area (Å²) in [4.78, 5) is 83.1. The van der Waals surface area contributed by atoms with Gasteiger partial charge in [-0.25, -0.2) is 83.2 Å². The zero-order chi connectivity index (χ0) is 73.7. The number of nitrogens with zero attached hydrogens (tertiary/aromatic N) is 24. The van der Waals surface area contributed by atoms with E-state index in [4.69, 9.17) is 65.7 Å². The average Bonchev–Trinajstić information content (AvgIpc) is 1.72. The van der Waals surface area contributed by atoms with Crippen molar-refractivity contribution in [3.05, 3.63) is 41.0 Å². The van der Waals surface area contributed by atoms with Crippen molar-refractivity contribution in [1.29, 1.82) is 0 Å². The Morgan fingerprint density at radius 3 is 1.07 bits per heavy atom.